The van der Waals surface area contributed by atoms with Crippen molar-refractivity contribution in [2.75, 3.05) is 0 Å². The lowest BCUT2D eigenvalue weighted by Gasteiger charge is -2.02. The van der Waals surface area contributed by atoms with Crippen molar-refractivity contribution in [3.63, 3.8) is 0 Å². The van der Waals surface area contributed by atoms with Gasteiger partial charge in [-0.1, -0.05) is 24.4 Å². The quantitative estimate of drug-likeness (QED) is 0.581. The number of para-hydroxylation sites is 1. The third-order valence-electron chi connectivity index (χ3n) is 3.40. The summed E-state index contributed by atoms with van der Waals surface area (Å²) < 4.78 is 5.67. The Labute approximate surface area is 141 Å². The molecule has 0 aliphatic carbocycles. The summed E-state index contributed by atoms with van der Waals surface area (Å²) in [6, 6.07) is 7.06. The molecule has 0 fully saturated rings. The number of aryl methyl sites for hydroxylation is 1. The zero-order valence-electron chi connectivity index (χ0n) is 13.0. The molecule has 0 spiro atoms. The Morgan fingerprint density at radius 2 is 2.00 bits per heavy atom. The number of nitrogens with zero attached hydrogens (tertiary/aromatic N) is 2. The first-order chi connectivity index (χ1) is 11.5. The lowest BCUT2D eigenvalue weighted by atomic mass is 10.2. The van der Waals surface area contributed by atoms with Crippen LogP contribution in [-0.4, -0.2) is 20.7 Å². The number of carbonyl (C=O) groups excluding carboxylic acids is 1. The van der Waals surface area contributed by atoms with Gasteiger partial charge < -0.3 is 9.40 Å². The molecule has 3 aromatic rings. The standard InChI is InChI=1S/C17H13N3O3S/c1-9(21)15-10(2)23-14(20-17(15)24)8-7-13-18-12-6-4-3-5-11(12)16(22)19-13/h3-8H,1-2H3,(H,18,19,22)/b8-7-. The van der Waals surface area contributed by atoms with Crippen LogP contribution in [0.5, 0.6) is 0 Å². The minimum Gasteiger partial charge on any atom is -0.443 e. The molecule has 2 heterocycles. The van der Waals surface area contributed by atoms with Crippen LogP contribution in [0.25, 0.3) is 23.1 Å². The number of H-pyrrole nitrogens is 1. The van der Waals surface area contributed by atoms with Gasteiger partial charge >= 0.3 is 0 Å². The molecule has 0 atom stereocenters. The van der Waals surface area contributed by atoms with Crippen molar-refractivity contribution >= 4 is 41.1 Å². The van der Waals surface area contributed by atoms with Gasteiger partial charge in [-0.2, -0.15) is 0 Å². The normalized spacial score (nSPS) is 11.2. The molecule has 7 heteroatoms. The van der Waals surface area contributed by atoms with E-state index in [4.69, 9.17) is 16.6 Å². The molecule has 0 saturated heterocycles. The minimum atomic E-state index is -0.225. The largest absolute Gasteiger partial charge is 0.443 e. The summed E-state index contributed by atoms with van der Waals surface area (Å²) in [5.74, 6) is 0.820. The van der Waals surface area contributed by atoms with E-state index >= 15 is 0 Å². The number of rotatable bonds is 3. The second-order valence-electron chi connectivity index (χ2n) is 5.15. The van der Waals surface area contributed by atoms with Crippen LogP contribution < -0.4 is 5.56 Å². The zero-order chi connectivity index (χ0) is 17.3. The third-order valence-corrected chi connectivity index (χ3v) is 3.70. The molecule has 24 heavy (non-hydrogen) atoms. The van der Waals surface area contributed by atoms with Gasteiger partial charge in [0, 0.05) is 6.08 Å². The highest BCUT2D eigenvalue weighted by atomic mass is 32.1. The van der Waals surface area contributed by atoms with Crippen molar-refractivity contribution < 1.29 is 9.21 Å². The number of aromatic nitrogens is 3. The van der Waals surface area contributed by atoms with Crippen LogP contribution in [-0.2, 0) is 0 Å². The number of ketones is 1. The maximum Gasteiger partial charge on any atom is 0.259 e. The van der Waals surface area contributed by atoms with E-state index in [-0.39, 0.29) is 21.9 Å². The topological polar surface area (TPSA) is 88.9 Å². The van der Waals surface area contributed by atoms with Gasteiger partial charge in [0.25, 0.3) is 5.56 Å². The van der Waals surface area contributed by atoms with Gasteiger partial charge in [-0.05, 0) is 32.1 Å². The predicted molar refractivity (Wildman–Crippen MR) is 93.4 cm³/mol. The molecule has 2 aromatic heterocycles. The summed E-state index contributed by atoms with van der Waals surface area (Å²) in [6.45, 7) is 3.07. The van der Waals surface area contributed by atoms with Crippen molar-refractivity contribution in [3.8, 4) is 0 Å². The van der Waals surface area contributed by atoms with Crippen molar-refractivity contribution in [1.29, 1.82) is 0 Å². The molecule has 120 valence electrons. The van der Waals surface area contributed by atoms with Crippen LogP contribution >= 0.6 is 12.2 Å². The number of carbonyl (C=O) groups is 1. The van der Waals surface area contributed by atoms with E-state index in [1.807, 2.05) is 6.07 Å². The van der Waals surface area contributed by atoms with Crippen LogP contribution in [0.2, 0.25) is 0 Å². The summed E-state index contributed by atoms with van der Waals surface area (Å²) in [5, 5.41) is 0.520. The van der Waals surface area contributed by atoms with Crippen molar-refractivity contribution in [3.05, 3.63) is 62.3 Å². The first-order valence-electron chi connectivity index (χ1n) is 7.15. The molecule has 0 unspecified atom stereocenters. The molecule has 0 saturated carbocycles. The van der Waals surface area contributed by atoms with Gasteiger partial charge in [-0.25, -0.2) is 9.97 Å². The Hall–Kier alpha value is -2.93. The monoisotopic (exact) mass is 339 g/mol. The van der Waals surface area contributed by atoms with Crippen LogP contribution in [0.3, 0.4) is 0 Å². The average Bonchev–Trinajstić information content (AvgIpc) is 2.52. The van der Waals surface area contributed by atoms with E-state index in [0.29, 0.717) is 28.1 Å². The second kappa shape index (κ2) is 6.29. The van der Waals surface area contributed by atoms with Gasteiger partial charge in [0.2, 0.25) is 5.89 Å². The first-order valence-corrected chi connectivity index (χ1v) is 7.56. The lowest BCUT2D eigenvalue weighted by molar-refractivity contribution is 0.101. The minimum absolute atomic E-state index is 0.186. The highest BCUT2D eigenvalue weighted by molar-refractivity contribution is 7.71. The number of fused-ring (bicyclic) bond motifs is 1. The Morgan fingerprint density at radius 1 is 1.25 bits per heavy atom. The fraction of sp³-hybridized carbons (Fsp3) is 0.118. The van der Waals surface area contributed by atoms with Crippen molar-refractivity contribution in [2.45, 2.75) is 13.8 Å². The number of Topliss-reactive ketones (excluding diaryl/α,β-unsaturated/α-hetero) is 1. The van der Waals surface area contributed by atoms with E-state index in [9.17, 15) is 9.59 Å². The van der Waals surface area contributed by atoms with Crippen LogP contribution in [0.15, 0.2) is 33.5 Å². The molecular formula is C17H13N3O3S. The zero-order valence-corrected chi connectivity index (χ0v) is 13.8. The van der Waals surface area contributed by atoms with E-state index in [1.165, 1.54) is 6.92 Å². The van der Waals surface area contributed by atoms with Crippen LogP contribution in [0.4, 0.5) is 0 Å². The first kappa shape index (κ1) is 15.9. The molecule has 0 radical (unpaired) electrons. The van der Waals surface area contributed by atoms with Crippen molar-refractivity contribution in [2.24, 2.45) is 0 Å². The summed E-state index contributed by atoms with van der Waals surface area (Å²) >= 11 is 5.12. The van der Waals surface area contributed by atoms with Gasteiger partial charge in [0.1, 0.15) is 16.2 Å². The molecule has 1 N–H and O–H groups in total. The molecule has 0 aliphatic rings. The molecular weight excluding hydrogens is 326 g/mol. The summed E-state index contributed by atoms with van der Waals surface area (Å²) in [4.78, 5) is 34.6. The summed E-state index contributed by atoms with van der Waals surface area (Å²) in [7, 11) is 0. The number of hydrogen-bond acceptors (Lipinski definition) is 6. The number of nitrogens with one attached hydrogen (secondary N) is 1. The van der Waals surface area contributed by atoms with Gasteiger partial charge in [-0.15, -0.1) is 0 Å². The van der Waals surface area contributed by atoms with E-state index in [0.717, 1.165) is 0 Å². The van der Waals surface area contributed by atoms with Gasteiger partial charge in [0.05, 0.1) is 16.5 Å². The molecule has 0 aliphatic heterocycles. The maximum absolute atomic E-state index is 12.0. The van der Waals surface area contributed by atoms with E-state index in [2.05, 4.69) is 15.0 Å². The number of hydrogen-bond donors (Lipinski definition) is 1. The third kappa shape index (κ3) is 3.07. The highest BCUT2D eigenvalue weighted by Gasteiger charge is 2.10. The predicted octanol–water partition coefficient (Wildman–Crippen LogP) is 3.32. The fourth-order valence-electron chi connectivity index (χ4n) is 2.34. The fourth-order valence-corrected chi connectivity index (χ4v) is 2.72. The molecule has 0 amide bonds. The number of aromatic amines is 1. The average molecular weight is 339 g/mol. The summed E-state index contributed by atoms with van der Waals surface area (Å²) in [6.07, 6.45) is 3.11. The highest BCUT2D eigenvalue weighted by Crippen LogP contribution is 2.13. The lowest BCUT2D eigenvalue weighted by Crippen LogP contribution is -2.09. The molecule has 1 aromatic carbocycles. The van der Waals surface area contributed by atoms with E-state index < -0.39 is 0 Å². The van der Waals surface area contributed by atoms with Gasteiger partial charge in [0.15, 0.2) is 5.78 Å². The Bertz CT molecular complexity index is 1100. The molecule has 0 bridgehead atoms. The number of benzene rings is 1. The maximum atomic E-state index is 12.0. The Kier molecular flexibility index (Phi) is 4.18. The molecule has 3 rings (SSSR count). The second-order valence-corrected chi connectivity index (χ2v) is 5.53. The SMILES string of the molecule is CC(=O)c1c(C)oc(/C=C\c2nc3ccccc3c(=O)[nH]2)nc1=S. The Balaban J connectivity index is 2.01. The van der Waals surface area contributed by atoms with Crippen molar-refractivity contribution in [1.82, 2.24) is 15.0 Å². The van der Waals surface area contributed by atoms with Crippen LogP contribution in [0, 0.1) is 11.6 Å². The molecule has 6 nitrogen and oxygen atoms in total. The van der Waals surface area contributed by atoms with E-state index in [1.54, 1.807) is 37.3 Å². The smallest absolute Gasteiger partial charge is 0.259 e. The van der Waals surface area contributed by atoms with Gasteiger partial charge in [-0.3, -0.25) is 9.59 Å². The Morgan fingerprint density at radius 3 is 2.71 bits per heavy atom. The van der Waals surface area contributed by atoms with Crippen LogP contribution in [0.1, 0.15) is 34.8 Å². The summed E-state index contributed by atoms with van der Waals surface area (Å²) in [5.41, 5.74) is 0.675.